The lowest BCUT2D eigenvalue weighted by molar-refractivity contribution is 0.0178. The normalized spacial score (nSPS) is 11.5. The van der Waals surface area contributed by atoms with Crippen LogP contribution in [0.3, 0.4) is 0 Å². The van der Waals surface area contributed by atoms with Crippen molar-refractivity contribution in [3.8, 4) is 33.4 Å². The second-order valence-corrected chi connectivity index (χ2v) is 8.45. The predicted octanol–water partition coefficient (Wildman–Crippen LogP) is 8.23. The summed E-state index contributed by atoms with van der Waals surface area (Å²) in [5.41, 5.74) is -0.278. The Morgan fingerprint density at radius 1 is 1.00 bits per heavy atom. The van der Waals surface area contributed by atoms with E-state index in [1.165, 1.54) is 29.5 Å². The van der Waals surface area contributed by atoms with Gasteiger partial charge in [0.05, 0.1) is 10.6 Å². The number of alkyl halides is 2. The Bertz CT molecular complexity index is 1300. The number of ether oxygens (including phenoxy) is 2. The molecule has 32 heavy (non-hydrogen) atoms. The summed E-state index contributed by atoms with van der Waals surface area (Å²) in [6.07, 6.45) is 0. The number of phenolic OH excluding ortho intramolecular Hbond substituents is 1. The second kappa shape index (κ2) is 8.24. The number of halogens is 3. The standard InChI is InChI=1S/C25H19F3O3S/c1-14(2)30-17-6-8-18(9-7-17)31-23-20-11-5-16(29)13-22(20)32-24(23)19-10-4-15(26)12-21(19)25(3,27)28/h4-13,29H,1H2,2-3H3. The van der Waals surface area contributed by atoms with E-state index in [1.807, 2.05) is 0 Å². The monoisotopic (exact) mass is 456 g/mol. The van der Waals surface area contributed by atoms with E-state index in [0.717, 1.165) is 19.1 Å². The van der Waals surface area contributed by atoms with Crippen molar-refractivity contribution < 1.29 is 27.8 Å². The van der Waals surface area contributed by atoms with Gasteiger partial charge in [0.15, 0.2) is 5.75 Å². The summed E-state index contributed by atoms with van der Waals surface area (Å²) in [6.45, 7) is 6.15. The van der Waals surface area contributed by atoms with Crippen molar-refractivity contribution in [2.45, 2.75) is 19.8 Å². The number of benzene rings is 3. The van der Waals surface area contributed by atoms with E-state index in [1.54, 1.807) is 37.3 Å². The molecule has 0 aliphatic heterocycles. The molecule has 0 saturated heterocycles. The fourth-order valence-corrected chi connectivity index (χ4v) is 4.52. The molecule has 1 aromatic heterocycles. The van der Waals surface area contributed by atoms with Crippen molar-refractivity contribution in [3.05, 3.63) is 84.4 Å². The van der Waals surface area contributed by atoms with Gasteiger partial charge in [0.1, 0.15) is 23.1 Å². The third-order valence-corrected chi connectivity index (χ3v) is 5.83. The molecule has 0 spiro atoms. The number of aromatic hydroxyl groups is 1. The van der Waals surface area contributed by atoms with Crippen LogP contribution < -0.4 is 9.47 Å². The maximum Gasteiger partial charge on any atom is 0.271 e. The van der Waals surface area contributed by atoms with E-state index < -0.39 is 17.3 Å². The van der Waals surface area contributed by atoms with Crippen LogP contribution in [0.2, 0.25) is 0 Å². The van der Waals surface area contributed by atoms with Gasteiger partial charge in [-0.2, -0.15) is 0 Å². The van der Waals surface area contributed by atoms with Crippen molar-refractivity contribution in [2.24, 2.45) is 0 Å². The van der Waals surface area contributed by atoms with Gasteiger partial charge in [-0.05, 0) is 61.5 Å². The Labute approximate surface area is 187 Å². The molecule has 0 aliphatic rings. The maximum atomic E-state index is 14.3. The van der Waals surface area contributed by atoms with Crippen LogP contribution in [-0.2, 0) is 5.92 Å². The van der Waals surface area contributed by atoms with Gasteiger partial charge < -0.3 is 14.6 Å². The van der Waals surface area contributed by atoms with Crippen LogP contribution in [0, 0.1) is 5.82 Å². The number of hydrogen-bond acceptors (Lipinski definition) is 4. The molecule has 7 heteroatoms. The van der Waals surface area contributed by atoms with Crippen molar-refractivity contribution in [1.82, 2.24) is 0 Å². The van der Waals surface area contributed by atoms with E-state index >= 15 is 0 Å². The maximum absolute atomic E-state index is 14.3. The third kappa shape index (κ3) is 4.43. The lowest BCUT2D eigenvalue weighted by Crippen LogP contribution is -2.09. The van der Waals surface area contributed by atoms with E-state index in [-0.39, 0.29) is 11.3 Å². The number of fused-ring (bicyclic) bond motifs is 1. The summed E-state index contributed by atoms with van der Waals surface area (Å²) in [5.74, 6) is -2.06. The van der Waals surface area contributed by atoms with Gasteiger partial charge in [0.2, 0.25) is 0 Å². The van der Waals surface area contributed by atoms with Crippen molar-refractivity contribution in [2.75, 3.05) is 0 Å². The van der Waals surface area contributed by atoms with Crippen LogP contribution in [0.1, 0.15) is 19.4 Å². The first-order chi connectivity index (χ1) is 15.1. The molecule has 3 nitrogen and oxygen atoms in total. The van der Waals surface area contributed by atoms with Crippen LogP contribution in [0.25, 0.3) is 20.5 Å². The Morgan fingerprint density at radius 3 is 2.34 bits per heavy atom. The average molecular weight is 456 g/mol. The van der Waals surface area contributed by atoms with Gasteiger partial charge in [-0.3, -0.25) is 0 Å². The summed E-state index contributed by atoms with van der Waals surface area (Å²) >= 11 is 1.18. The van der Waals surface area contributed by atoms with Crippen LogP contribution in [0.15, 0.2) is 73.0 Å². The summed E-state index contributed by atoms with van der Waals surface area (Å²) < 4.78 is 54.7. The summed E-state index contributed by atoms with van der Waals surface area (Å²) in [4.78, 5) is 0.407. The molecule has 4 aromatic rings. The molecule has 1 N–H and O–H groups in total. The molecule has 0 saturated carbocycles. The first kappa shape index (κ1) is 21.8. The molecule has 3 aromatic carbocycles. The molecule has 164 valence electrons. The SMILES string of the molecule is C=C(C)Oc1ccc(Oc2c(-c3ccc(F)cc3C(C)(F)F)sc3cc(O)ccc23)cc1. The Morgan fingerprint density at radius 2 is 1.69 bits per heavy atom. The molecule has 0 radical (unpaired) electrons. The Hall–Kier alpha value is -3.45. The minimum atomic E-state index is -3.27. The highest BCUT2D eigenvalue weighted by molar-refractivity contribution is 7.22. The first-order valence-electron chi connectivity index (χ1n) is 9.67. The molecule has 4 rings (SSSR count). The van der Waals surface area contributed by atoms with Crippen molar-refractivity contribution in [1.29, 1.82) is 0 Å². The lowest BCUT2D eigenvalue weighted by Gasteiger charge is -2.16. The Balaban J connectivity index is 1.86. The zero-order chi connectivity index (χ0) is 23.0. The largest absolute Gasteiger partial charge is 0.508 e. The number of thiophene rings is 1. The quantitative estimate of drug-likeness (QED) is 0.297. The number of hydrogen-bond donors (Lipinski definition) is 1. The highest BCUT2D eigenvalue weighted by atomic mass is 32.1. The fraction of sp³-hybridized carbons (Fsp3) is 0.120. The highest BCUT2D eigenvalue weighted by Gasteiger charge is 2.31. The predicted molar refractivity (Wildman–Crippen MR) is 120 cm³/mol. The smallest absolute Gasteiger partial charge is 0.271 e. The molecule has 0 amide bonds. The molecule has 1 heterocycles. The molecule has 0 unspecified atom stereocenters. The van der Waals surface area contributed by atoms with Crippen LogP contribution in [0.4, 0.5) is 13.2 Å². The minimum Gasteiger partial charge on any atom is -0.508 e. The van der Waals surface area contributed by atoms with Gasteiger partial charge in [0.25, 0.3) is 5.92 Å². The van der Waals surface area contributed by atoms with Crippen molar-refractivity contribution >= 4 is 21.4 Å². The zero-order valence-electron chi connectivity index (χ0n) is 17.3. The topological polar surface area (TPSA) is 38.7 Å². The van der Waals surface area contributed by atoms with Crippen LogP contribution in [-0.4, -0.2) is 5.11 Å². The van der Waals surface area contributed by atoms with E-state index in [4.69, 9.17) is 9.47 Å². The van der Waals surface area contributed by atoms with Crippen LogP contribution >= 0.6 is 11.3 Å². The molecule has 0 aliphatic carbocycles. The van der Waals surface area contributed by atoms with E-state index in [0.29, 0.717) is 38.0 Å². The van der Waals surface area contributed by atoms with Gasteiger partial charge in [0, 0.05) is 28.1 Å². The van der Waals surface area contributed by atoms with Gasteiger partial charge >= 0.3 is 0 Å². The number of rotatable bonds is 6. The third-order valence-electron chi connectivity index (χ3n) is 4.66. The first-order valence-corrected chi connectivity index (χ1v) is 10.5. The molecular formula is C25H19F3O3S. The molecule has 0 bridgehead atoms. The molecule has 0 fully saturated rings. The summed E-state index contributed by atoms with van der Waals surface area (Å²) in [6, 6.07) is 14.8. The van der Waals surface area contributed by atoms with E-state index in [2.05, 4.69) is 6.58 Å². The fourth-order valence-electron chi connectivity index (χ4n) is 3.31. The zero-order valence-corrected chi connectivity index (χ0v) is 18.1. The van der Waals surface area contributed by atoms with Gasteiger partial charge in [-0.1, -0.05) is 12.6 Å². The summed E-state index contributed by atoms with van der Waals surface area (Å²) in [7, 11) is 0. The molecule has 0 atom stereocenters. The second-order valence-electron chi connectivity index (χ2n) is 7.40. The number of allylic oxidation sites excluding steroid dienone is 1. The number of phenols is 1. The van der Waals surface area contributed by atoms with Gasteiger partial charge in [-0.25, -0.2) is 13.2 Å². The van der Waals surface area contributed by atoms with E-state index in [9.17, 15) is 18.3 Å². The summed E-state index contributed by atoms with van der Waals surface area (Å²) in [5, 5.41) is 10.5. The van der Waals surface area contributed by atoms with Crippen molar-refractivity contribution in [3.63, 3.8) is 0 Å². The van der Waals surface area contributed by atoms with Gasteiger partial charge in [-0.15, -0.1) is 11.3 Å². The Kier molecular flexibility index (Phi) is 5.60. The molecular weight excluding hydrogens is 437 g/mol. The highest BCUT2D eigenvalue weighted by Crippen LogP contribution is 2.50. The van der Waals surface area contributed by atoms with Crippen LogP contribution in [0.5, 0.6) is 23.0 Å². The lowest BCUT2D eigenvalue weighted by atomic mass is 10.00. The average Bonchev–Trinajstić information content (AvgIpc) is 3.05. The minimum absolute atomic E-state index is 0.0401.